The molecule has 1 saturated heterocycles. The van der Waals surface area contributed by atoms with E-state index in [1.165, 1.54) is 16.4 Å². The minimum atomic E-state index is -3.65. The van der Waals surface area contributed by atoms with Crippen molar-refractivity contribution in [2.75, 3.05) is 31.1 Å². The van der Waals surface area contributed by atoms with E-state index in [9.17, 15) is 21.6 Å². The first kappa shape index (κ1) is 20.9. The first-order valence-corrected chi connectivity index (χ1v) is 12.0. The number of hydrogen-bond donors (Lipinski definition) is 1. The number of carbonyl (C=O) groups excluding carboxylic acids is 1. The maximum Gasteiger partial charge on any atom is 0.251 e. The molecule has 0 spiro atoms. The number of sulfonamides is 1. The van der Waals surface area contributed by atoms with Crippen molar-refractivity contribution in [3.63, 3.8) is 0 Å². The third-order valence-electron chi connectivity index (χ3n) is 4.67. The molecule has 1 N–H and O–H groups in total. The molecule has 1 aromatic carbocycles. The van der Waals surface area contributed by atoms with Crippen LogP contribution in [0.5, 0.6) is 0 Å². The Hall–Kier alpha value is -1.45. The Morgan fingerprint density at radius 3 is 2.46 bits per heavy atom. The van der Waals surface area contributed by atoms with Crippen LogP contribution in [0.2, 0.25) is 0 Å². The van der Waals surface area contributed by atoms with Crippen molar-refractivity contribution >= 4 is 25.8 Å². The van der Waals surface area contributed by atoms with E-state index < -0.39 is 19.9 Å². The van der Waals surface area contributed by atoms with E-state index >= 15 is 0 Å². The maximum atomic E-state index is 12.6. The average molecular weight is 403 g/mol. The predicted octanol–water partition coefficient (Wildman–Crippen LogP) is 1.19. The highest BCUT2D eigenvalue weighted by Crippen LogP contribution is 2.21. The van der Waals surface area contributed by atoms with E-state index in [1.807, 2.05) is 0 Å². The van der Waals surface area contributed by atoms with Gasteiger partial charge in [-0.3, -0.25) is 4.79 Å². The highest BCUT2D eigenvalue weighted by molar-refractivity contribution is 7.91. The topological polar surface area (TPSA) is 101 Å². The van der Waals surface area contributed by atoms with Gasteiger partial charge in [-0.25, -0.2) is 16.8 Å². The quantitative estimate of drug-likeness (QED) is 0.738. The van der Waals surface area contributed by atoms with Crippen molar-refractivity contribution in [2.24, 2.45) is 5.92 Å². The second-order valence-corrected chi connectivity index (χ2v) is 10.7. The molecular weight excluding hydrogens is 376 g/mol. The lowest BCUT2D eigenvalue weighted by atomic mass is 10.1. The molecule has 0 aliphatic carbocycles. The zero-order chi connectivity index (χ0) is 19.5. The van der Waals surface area contributed by atoms with E-state index in [2.05, 4.69) is 5.32 Å². The number of sulfone groups is 1. The fourth-order valence-electron chi connectivity index (χ4n) is 3.08. The lowest BCUT2D eigenvalue weighted by Crippen LogP contribution is -2.32. The van der Waals surface area contributed by atoms with Crippen molar-refractivity contribution in [3.05, 3.63) is 29.3 Å². The van der Waals surface area contributed by atoms with Gasteiger partial charge in [-0.2, -0.15) is 4.31 Å². The maximum absolute atomic E-state index is 12.6. The van der Waals surface area contributed by atoms with Crippen molar-refractivity contribution in [1.82, 2.24) is 9.62 Å². The van der Waals surface area contributed by atoms with Crippen LogP contribution in [-0.4, -0.2) is 58.2 Å². The predicted molar refractivity (Wildman–Crippen MR) is 100 cm³/mol. The van der Waals surface area contributed by atoms with Crippen LogP contribution in [0.1, 0.15) is 36.2 Å². The van der Waals surface area contributed by atoms with Gasteiger partial charge in [-0.1, -0.05) is 19.9 Å². The van der Waals surface area contributed by atoms with Crippen LogP contribution in [0.4, 0.5) is 0 Å². The SMILES string of the molecule is CCN(CC)S(=O)(=O)c1ccc(C)c(C(=O)NCC2CCS(=O)(=O)C2)c1. The summed E-state index contributed by atoms with van der Waals surface area (Å²) in [6.07, 6.45) is 0.540. The van der Waals surface area contributed by atoms with Gasteiger partial charge in [-0.15, -0.1) is 0 Å². The Morgan fingerprint density at radius 2 is 1.92 bits per heavy atom. The smallest absolute Gasteiger partial charge is 0.251 e. The summed E-state index contributed by atoms with van der Waals surface area (Å²) in [5.74, 6) is -0.234. The molecule has 1 aliphatic heterocycles. The number of aryl methyl sites for hydroxylation is 1. The first-order valence-electron chi connectivity index (χ1n) is 8.70. The van der Waals surface area contributed by atoms with Crippen LogP contribution in [0.15, 0.2) is 23.1 Å². The molecule has 0 aromatic heterocycles. The van der Waals surface area contributed by atoms with Crippen LogP contribution >= 0.6 is 0 Å². The minimum absolute atomic E-state index is 0.0837. The molecule has 1 amide bonds. The molecule has 1 aromatic rings. The van der Waals surface area contributed by atoms with E-state index in [1.54, 1.807) is 26.8 Å². The highest BCUT2D eigenvalue weighted by atomic mass is 32.2. The number of benzene rings is 1. The minimum Gasteiger partial charge on any atom is -0.352 e. The summed E-state index contributed by atoms with van der Waals surface area (Å²) in [6, 6.07) is 4.51. The Balaban J connectivity index is 2.17. The summed E-state index contributed by atoms with van der Waals surface area (Å²) in [7, 11) is -6.64. The average Bonchev–Trinajstić information content (AvgIpc) is 2.92. The molecule has 146 valence electrons. The molecule has 0 radical (unpaired) electrons. The fourth-order valence-corrected chi connectivity index (χ4v) is 6.43. The molecule has 1 heterocycles. The summed E-state index contributed by atoms with van der Waals surface area (Å²) < 4.78 is 49.6. The van der Waals surface area contributed by atoms with Gasteiger partial charge in [0.15, 0.2) is 9.84 Å². The first-order chi connectivity index (χ1) is 12.1. The van der Waals surface area contributed by atoms with Gasteiger partial charge >= 0.3 is 0 Å². The second kappa shape index (κ2) is 8.06. The van der Waals surface area contributed by atoms with Crippen LogP contribution in [0.3, 0.4) is 0 Å². The Kier molecular flexibility index (Phi) is 6.46. The lowest BCUT2D eigenvalue weighted by molar-refractivity contribution is 0.0947. The molecule has 0 bridgehead atoms. The number of amides is 1. The Labute approximate surface area is 155 Å². The number of hydrogen-bond acceptors (Lipinski definition) is 5. The Bertz CT molecular complexity index is 874. The zero-order valence-electron chi connectivity index (χ0n) is 15.4. The van der Waals surface area contributed by atoms with Crippen molar-refractivity contribution < 1.29 is 21.6 Å². The van der Waals surface area contributed by atoms with E-state index in [4.69, 9.17) is 0 Å². The summed E-state index contributed by atoms with van der Waals surface area (Å²) in [6.45, 7) is 6.24. The molecule has 9 heteroatoms. The third kappa shape index (κ3) is 4.63. The largest absolute Gasteiger partial charge is 0.352 e. The van der Waals surface area contributed by atoms with Crippen LogP contribution < -0.4 is 5.32 Å². The van der Waals surface area contributed by atoms with Crippen molar-refractivity contribution in [3.8, 4) is 0 Å². The molecule has 0 saturated carbocycles. The molecule has 1 atom stereocenters. The van der Waals surface area contributed by atoms with Gasteiger partial charge in [0.25, 0.3) is 5.91 Å². The number of carbonyl (C=O) groups is 1. The highest BCUT2D eigenvalue weighted by Gasteiger charge is 2.28. The molecule has 1 fully saturated rings. The number of nitrogens with zero attached hydrogens (tertiary/aromatic N) is 1. The molecular formula is C17H26N2O5S2. The molecule has 1 aliphatic rings. The summed E-state index contributed by atoms with van der Waals surface area (Å²) in [4.78, 5) is 12.6. The van der Waals surface area contributed by atoms with Crippen molar-refractivity contribution in [1.29, 1.82) is 0 Å². The van der Waals surface area contributed by atoms with Crippen molar-refractivity contribution in [2.45, 2.75) is 32.1 Å². The normalized spacial score (nSPS) is 19.6. The summed E-state index contributed by atoms with van der Waals surface area (Å²) in [5.41, 5.74) is 0.958. The summed E-state index contributed by atoms with van der Waals surface area (Å²) >= 11 is 0. The Morgan fingerprint density at radius 1 is 1.27 bits per heavy atom. The third-order valence-corrected chi connectivity index (χ3v) is 8.56. The van der Waals surface area contributed by atoms with E-state index in [0.717, 1.165) is 0 Å². The monoisotopic (exact) mass is 402 g/mol. The van der Waals surface area contributed by atoms with Gasteiger partial charge in [0.2, 0.25) is 10.0 Å². The van der Waals surface area contributed by atoms with Gasteiger partial charge < -0.3 is 5.32 Å². The number of nitrogens with one attached hydrogen (secondary N) is 1. The van der Waals surface area contributed by atoms with Gasteiger partial charge in [0.05, 0.1) is 16.4 Å². The van der Waals surface area contributed by atoms with E-state index in [0.29, 0.717) is 30.6 Å². The molecule has 1 unspecified atom stereocenters. The van der Waals surface area contributed by atoms with E-state index in [-0.39, 0.29) is 34.8 Å². The zero-order valence-corrected chi connectivity index (χ0v) is 17.0. The molecule has 26 heavy (non-hydrogen) atoms. The molecule has 2 rings (SSSR count). The van der Waals surface area contributed by atoms with Crippen LogP contribution in [0.25, 0.3) is 0 Å². The second-order valence-electron chi connectivity index (χ2n) is 6.55. The van der Waals surface area contributed by atoms with Crippen LogP contribution in [-0.2, 0) is 19.9 Å². The fraction of sp³-hybridized carbons (Fsp3) is 0.588. The lowest BCUT2D eigenvalue weighted by Gasteiger charge is -2.19. The molecule has 7 nitrogen and oxygen atoms in total. The van der Waals surface area contributed by atoms with Gasteiger partial charge in [0.1, 0.15) is 0 Å². The number of rotatable bonds is 7. The van der Waals surface area contributed by atoms with Gasteiger partial charge in [-0.05, 0) is 37.0 Å². The summed E-state index contributed by atoms with van der Waals surface area (Å²) in [5, 5.41) is 2.74. The van der Waals surface area contributed by atoms with Crippen LogP contribution in [0, 0.1) is 12.8 Å². The van der Waals surface area contributed by atoms with Gasteiger partial charge in [0, 0.05) is 25.2 Å². The standard InChI is InChI=1S/C17H26N2O5S2/c1-4-19(5-2)26(23,24)15-7-6-13(3)16(10-15)17(20)18-11-14-8-9-25(21,22)12-14/h6-7,10,14H,4-5,8-9,11-12H2,1-3H3,(H,18,20).